The maximum atomic E-state index is 13.9. The van der Waals surface area contributed by atoms with Crippen LogP contribution in [0.25, 0.3) is 0 Å². The van der Waals surface area contributed by atoms with Gasteiger partial charge in [-0.1, -0.05) is 42.5 Å². The Morgan fingerprint density at radius 3 is 2.50 bits per heavy atom. The summed E-state index contributed by atoms with van der Waals surface area (Å²) in [5.41, 5.74) is 0.770. The van der Waals surface area contributed by atoms with Crippen LogP contribution >= 0.6 is 0 Å². The Labute approximate surface area is 149 Å². The van der Waals surface area contributed by atoms with E-state index >= 15 is 0 Å². The van der Waals surface area contributed by atoms with E-state index in [-0.39, 0.29) is 23.0 Å². The van der Waals surface area contributed by atoms with Gasteiger partial charge in [0.15, 0.2) is 0 Å². The van der Waals surface area contributed by atoms with E-state index in [4.69, 9.17) is 0 Å². The van der Waals surface area contributed by atoms with Crippen molar-refractivity contribution in [3.05, 3.63) is 82.4 Å². The van der Waals surface area contributed by atoms with Crippen molar-refractivity contribution in [2.24, 2.45) is 0 Å². The minimum Gasteiger partial charge on any atom is -0.349 e. The van der Waals surface area contributed by atoms with Gasteiger partial charge in [0, 0.05) is 13.6 Å². The molecule has 7 nitrogen and oxygen atoms in total. The van der Waals surface area contributed by atoms with Crippen LogP contribution in [-0.4, -0.2) is 21.9 Å². The van der Waals surface area contributed by atoms with E-state index < -0.39 is 10.7 Å². The number of benzene rings is 2. The molecule has 1 N–H and O–H groups in total. The van der Waals surface area contributed by atoms with Crippen LogP contribution in [0.1, 0.15) is 5.56 Å². The first-order chi connectivity index (χ1) is 12.6. The minimum absolute atomic E-state index is 0.0648. The number of para-hydroxylation sites is 1. The predicted octanol–water partition coefficient (Wildman–Crippen LogP) is 3.90. The highest BCUT2D eigenvalue weighted by Gasteiger charge is 2.26. The quantitative estimate of drug-likeness (QED) is 0.534. The van der Waals surface area contributed by atoms with Crippen LogP contribution in [0, 0.1) is 15.9 Å². The average molecular weight is 353 g/mol. The first-order valence-corrected chi connectivity index (χ1v) is 7.82. The largest absolute Gasteiger partial charge is 0.353 e. The molecular weight excluding hydrogens is 337 g/mol. The van der Waals surface area contributed by atoms with Gasteiger partial charge in [-0.2, -0.15) is 0 Å². The Balaban J connectivity index is 1.96. The van der Waals surface area contributed by atoms with Gasteiger partial charge in [-0.3, -0.25) is 10.1 Å². The summed E-state index contributed by atoms with van der Waals surface area (Å²) in [6.45, 7) is 0.428. The second-order valence-corrected chi connectivity index (χ2v) is 5.60. The van der Waals surface area contributed by atoms with Gasteiger partial charge in [0.25, 0.3) is 0 Å². The third-order valence-electron chi connectivity index (χ3n) is 3.74. The van der Waals surface area contributed by atoms with Gasteiger partial charge in [0.1, 0.15) is 12.1 Å². The summed E-state index contributed by atoms with van der Waals surface area (Å²) in [6.07, 6.45) is 1.22. The predicted molar refractivity (Wildman–Crippen MR) is 96.9 cm³/mol. The molecule has 1 heterocycles. The second kappa shape index (κ2) is 7.56. The van der Waals surface area contributed by atoms with Crippen LogP contribution in [0.5, 0.6) is 0 Å². The van der Waals surface area contributed by atoms with Gasteiger partial charge < -0.3 is 10.2 Å². The second-order valence-electron chi connectivity index (χ2n) is 5.60. The summed E-state index contributed by atoms with van der Waals surface area (Å²) in [4.78, 5) is 20.7. The van der Waals surface area contributed by atoms with Crippen molar-refractivity contribution >= 4 is 23.0 Å². The fourth-order valence-corrected chi connectivity index (χ4v) is 2.53. The molecule has 0 saturated heterocycles. The number of rotatable bonds is 6. The molecule has 0 saturated carbocycles. The highest BCUT2D eigenvalue weighted by molar-refractivity contribution is 5.74. The normalized spacial score (nSPS) is 10.4. The van der Waals surface area contributed by atoms with E-state index in [2.05, 4.69) is 15.3 Å². The average Bonchev–Trinajstić information content (AvgIpc) is 2.64. The van der Waals surface area contributed by atoms with Gasteiger partial charge in [-0.05, 0) is 17.7 Å². The van der Waals surface area contributed by atoms with Crippen molar-refractivity contribution in [1.82, 2.24) is 9.97 Å². The number of hydrogen-bond acceptors (Lipinski definition) is 6. The summed E-state index contributed by atoms with van der Waals surface area (Å²) in [6, 6.07) is 15.4. The van der Waals surface area contributed by atoms with Crippen molar-refractivity contribution in [3.63, 3.8) is 0 Å². The minimum atomic E-state index is -0.569. The number of nitrogens with one attached hydrogen (secondary N) is 1. The molecule has 3 rings (SSSR count). The van der Waals surface area contributed by atoms with Crippen LogP contribution in [0.2, 0.25) is 0 Å². The molecule has 0 bridgehead atoms. The maximum Gasteiger partial charge on any atom is 0.353 e. The summed E-state index contributed by atoms with van der Waals surface area (Å²) in [5.74, 6) is -0.447. The smallest absolute Gasteiger partial charge is 0.349 e. The third kappa shape index (κ3) is 3.75. The van der Waals surface area contributed by atoms with Crippen molar-refractivity contribution < 1.29 is 9.31 Å². The van der Waals surface area contributed by atoms with Crippen molar-refractivity contribution in [2.45, 2.75) is 6.54 Å². The van der Waals surface area contributed by atoms with Crippen molar-refractivity contribution in [1.29, 1.82) is 0 Å². The molecule has 0 aliphatic rings. The molecule has 8 heteroatoms. The lowest BCUT2D eigenvalue weighted by molar-refractivity contribution is -0.383. The number of anilines is 3. The van der Waals surface area contributed by atoms with Crippen LogP contribution in [0.3, 0.4) is 0 Å². The van der Waals surface area contributed by atoms with Crippen LogP contribution in [0.4, 0.5) is 27.4 Å². The van der Waals surface area contributed by atoms with Gasteiger partial charge in [-0.25, -0.2) is 14.4 Å². The number of hydrogen-bond donors (Lipinski definition) is 1. The summed E-state index contributed by atoms with van der Waals surface area (Å²) in [7, 11) is 1.70. The number of nitrogens with zero attached hydrogens (tertiary/aromatic N) is 4. The van der Waals surface area contributed by atoms with Gasteiger partial charge in [0.2, 0.25) is 11.6 Å². The van der Waals surface area contributed by atoms with E-state index in [9.17, 15) is 14.5 Å². The lowest BCUT2D eigenvalue weighted by Crippen LogP contribution is -2.20. The van der Waals surface area contributed by atoms with E-state index in [0.29, 0.717) is 6.54 Å². The molecule has 1 aromatic heterocycles. The lowest BCUT2D eigenvalue weighted by Gasteiger charge is -2.19. The standard InChI is InChI=1S/C18H16FN5O2/c1-23(11-13-7-3-2-4-8-13)18-16(24(25)26)17(20-12-21-18)22-15-10-6-5-9-14(15)19/h2-10,12H,11H2,1H3,(H,20,21,22). The highest BCUT2D eigenvalue weighted by atomic mass is 19.1. The Morgan fingerprint density at radius 2 is 1.81 bits per heavy atom. The van der Waals surface area contributed by atoms with Gasteiger partial charge in [0.05, 0.1) is 10.6 Å². The number of nitro groups is 1. The lowest BCUT2D eigenvalue weighted by atomic mass is 10.2. The van der Waals surface area contributed by atoms with Crippen LogP contribution < -0.4 is 10.2 Å². The van der Waals surface area contributed by atoms with Crippen molar-refractivity contribution in [2.75, 3.05) is 17.3 Å². The number of aromatic nitrogens is 2. The molecule has 0 aliphatic heterocycles. The Bertz CT molecular complexity index is 920. The zero-order chi connectivity index (χ0) is 18.5. The Kier molecular flexibility index (Phi) is 5.02. The molecule has 0 spiro atoms. The molecule has 26 heavy (non-hydrogen) atoms. The molecule has 0 amide bonds. The van der Waals surface area contributed by atoms with Crippen LogP contribution in [-0.2, 0) is 6.54 Å². The molecule has 3 aromatic rings. The monoisotopic (exact) mass is 353 g/mol. The molecule has 0 radical (unpaired) electrons. The summed E-state index contributed by atoms with van der Waals surface area (Å²) < 4.78 is 13.9. The first-order valence-electron chi connectivity index (χ1n) is 7.82. The van der Waals surface area contributed by atoms with E-state index in [1.165, 1.54) is 24.5 Å². The molecule has 132 valence electrons. The molecule has 0 unspecified atom stereocenters. The van der Waals surface area contributed by atoms with Gasteiger partial charge >= 0.3 is 5.69 Å². The molecule has 2 aromatic carbocycles. The summed E-state index contributed by atoms with van der Waals surface area (Å²) >= 11 is 0. The summed E-state index contributed by atoms with van der Waals surface area (Å²) in [5, 5.41) is 14.3. The topological polar surface area (TPSA) is 84.2 Å². The van der Waals surface area contributed by atoms with Gasteiger partial charge in [-0.15, -0.1) is 0 Å². The van der Waals surface area contributed by atoms with Crippen molar-refractivity contribution in [3.8, 4) is 0 Å². The van der Waals surface area contributed by atoms with E-state index in [0.717, 1.165) is 5.56 Å². The maximum absolute atomic E-state index is 13.9. The molecule has 0 aliphatic carbocycles. The first kappa shape index (κ1) is 17.3. The highest BCUT2D eigenvalue weighted by Crippen LogP contribution is 2.34. The van der Waals surface area contributed by atoms with Crippen LogP contribution in [0.15, 0.2) is 60.9 Å². The fraction of sp³-hybridized carbons (Fsp3) is 0.111. The van der Waals surface area contributed by atoms with E-state index in [1.807, 2.05) is 30.3 Å². The zero-order valence-corrected chi connectivity index (χ0v) is 14.0. The Morgan fingerprint density at radius 1 is 1.12 bits per heavy atom. The Hall–Kier alpha value is -3.55. The SMILES string of the molecule is CN(Cc1ccccc1)c1ncnc(Nc2ccccc2F)c1[N+](=O)[O-]. The molecule has 0 atom stereocenters. The van der Waals surface area contributed by atoms with E-state index in [1.54, 1.807) is 18.0 Å². The molecule has 0 fully saturated rings. The number of halogens is 1. The molecular formula is C18H16FN5O2. The fourth-order valence-electron chi connectivity index (χ4n) is 2.53. The zero-order valence-electron chi connectivity index (χ0n) is 14.0. The third-order valence-corrected chi connectivity index (χ3v) is 3.74.